The van der Waals surface area contributed by atoms with Crippen molar-refractivity contribution in [3.8, 4) is 0 Å². The summed E-state index contributed by atoms with van der Waals surface area (Å²) in [4.78, 5) is 11.7. The second-order valence-corrected chi connectivity index (χ2v) is 5.89. The number of amides is 1. The summed E-state index contributed by atoms with van der Waals surface area (Å²) in [5.41, 5.74) is 0.754. The number of carbonyl (C=O) groups is 1. The summed E-state index contributed by atoms with van der Waals surface area (Å²) in [6.07, 6.45) is 0.332. The molecular formula is C14H21BrN2O2. The van der Waals surface area contributed by atoms with Crippen LogP contribution in [0.15, 0.2) is 28.7 Å². The van der Waals surface area contributed by atoms with Gasteiger partial charge < -0.3 is 15.7 Å². The lowest BCUT2D eigenvalue weighted by Crippen LogP contribution is -2.34. The van der Waals surface area contributed by atoms with E-state index in [0.29, 0.717) is 12.5 Å². The number of rotatable bonds is 7. The van der Waals surface area contributed by atoms with Crippen molar-refractivity contribution in [2.75, 3.05) is 18.4 Å². The van der Waals surface area contributed by atoms with E-state index < -0.39 is 6.10 Å². The summed E-state index contributed by atoms with van der Waals surface area (Å²) in [5, 5.41) is 15.4. The molecule has 1 rings (SSSR count). The molecule has 0 aliphatic carbocycles. The van der Waals surface area contributed by atoms with Gasteiger partial charge in [-0.1, -0.05) is 35.8 Å². The molecule has 4 nitrogen and oxygen atoms in total. The lowest BCUT2D eigenvalue weighted by molar-refractivity contribution is -0.115. The molecule has 0 aliphatic heterocycles. The molecule has 0 fully saturated rings. The van der Waals surface area contributed by atoms with Crippen LogP contribution in [0.5, 0.6) is 0 Å². The lowest BCUT2D eigenvalue weighted by atomic mass is 10.1. The van der Waals surface area contributed by atoms with Gasteiger partial charge in [-0.15, -0.1) is 0 Å². The van der Waals surface area contributed by atoms with Gasteiger partial charge in [0.25, 0.3) is 0 Å². The SMILES string of the molecule is CC(C)CC(O)CNCC(=O)Nc1cccc(Br)c1. The van der Waals surface area contributed by atoms with Crippen molar-refractivity contribution in [3.05, 3.63) is 28.7 Å². The fourth-order valence-electron chi connectivity index (χ4n) is 1.75. The van der Waals surface area contributed by atoms with Gasteiger partial charge in [-0.05, 0) is 30.5 Å². The standard InChI is InChI=1S/C14H21BrN2O2/c1-10(2)6-13(18)8-16-9-14(19)17-12-5-3-4-11(15)7-12/h3-5,7,10,13,16,18H,6,8-9H2,1-2H3,(H,17,19). The van der Waals surface area contributed by atoms with Gasteiger partial charge >= 0.3 is 0 Å². The maximum Gasteiger partial charge on any atom is 0.238 e. The zero-order valence-electron chi connectivity index (χ0n) is 11.3. The number of aliphatic hydroxyl groups is 1. The van der Waals surface area contributed by atoms with Crippen molar-refractivity contribution in [3.63, 3.8) is 0 Å². The molecule has 0 radical (unpaired) electrons. The Morgan fingerprint density at radius 3 is 2.79 bits per heavy atom. The molecule has 1 aromatic rings. The third-order valence-electron chi connectivity index (χ3n) is 2.52. The number of aliphatic hydroxyl groups excluding tert-OH is 1. The monoisotopic (exact) mass is 328 g/mol. The maximum absolute atomic E-state index is 11.7. The Balaban J connectivity index is 2.25. The van der Waals surface area contributed by atoms with Crippen LogP contribution in [0.3, 0.4) is 0 Å². The molecule has 0 spiro atoms. The minimum Gasteiger partial charge on any atom is -0.392 e. The van der Waals surface area contributed by atoms with Crippen LogP contribution in [0, 0.1) is 5.92 Å². The Kier molecular flexibility index (Phi) is 7.05. The van der Waals surface area contributed by atoms with Crippen LogP contribution in [-0.4, -0.2) is 30.2 Å². The first-order valence-electron chi connectivity index (χ1n) is 6.41. The zero-order chi connectivity index (χ0) is 14.3. The molecular weight excluding hydrogens is 308 g/mol. The Morgan fingerprint density at radius 1 is 1.42 bits per heavy atom. The average Bonchev–Trinajstić information content (AvgIpc) is 2.27. The van der Waals surface area contributed by atoms with Crippen LogP contribution in [-0.2, 0) is 4.79 Å². The molecule has 0 saturated heterocycles. The van der Waals surface area contributed by atoms with Crippen LogP contribution in [0.25, 0.3) is 0 Å². The highest BCUT2D eigenvalue weighted by molar-refractivity contribution is 9.10. The highest BCUT2D eigenvalue weighted by atomic mass is 79.9. The van der Waals surface area contributed by atoms with E-state index in [0.717, 1.165) is 16.6 Å². The van der Waals surface area contributed by atoms with Crippen molar-refractivity contribution < 1.29 is 9.90 Å². The second-order valence-electron chi connectivity index (χ2n) is 4.97. The molecule has 0 bridgehead atoms. The molecule has 5 heteroatoms. The topological polar surface area (TPSA) is 61.4 Å². The highest BCUT2D eigenvalue weighted by Crippen LogP contribution is 2.15. The van der Waals surface area contributed by atoms with E-state index >= 15 is 0 Å². The number of benzene rings is 1. The van der Waals surface area contributed by atoms with Crippen LogP contribution in [0.1, 0.15) is 20.3 Å². The van der Waals surface area contributed by atoms with Crippen LogP contribution >= 0.6 is 15.9 Å². The zero-order valence-corrected chi connectivity index (χ0v) is 12.9. The van der Waals surface area contributed by atoms with E-state index in [2.05, 4.69) is 40.4 Å². The number of hydrogen-bond acceptors (Lipinski definition) is 3. The molecule has 0 heterocycles. The third kappa shape index (κ3) is 7.30. The fraction of sp³-hybridized carbons (Fsp3) is 0.500. The van der Waals surface area contributed by atoms with Gasteiger partial charge in [-0.3, -0.25) is 4.79 Å². The Bertz CT molecular complexity index is 410. The molecule has 106 valence electrons. The molecule has 1 unspecified atom stereocenters. The van der Waals surface area contributed by atoms with Crippen molar-refractivity contribution in [2.45, 2.75) is 26.4 Å². The minimum absolute atomic E-state index is 0.116. The van der Waals surface area contributed by atoms with Crippen molar-refractivity contribution in [1.82, 2.24) is 5.32 Å². The number of halogens is 1. The van der Waals surface area contributed by atoms with Crippen molar-refractivity contribution in [1.29, 1.82) is 0 Å². The first-order chi connectivity index (χ1) is 8.97. The maximum atomic E-state index is 11.7. The van der Waals surface area contributed by atoms with E-state index in [9.17, 15) is 9.90 Å². The van der Waals surface area contributed by atoms with E-state index in [1.54, 1.807) is 0 Å². The van der Waals surface area contributed by atoms with E-state index in [1.165, 1.54) is 0 Å². The predicted octanol–water partition coefficient (Wildman–Crippen LogP) is 2.38. The van der Waals surface area contributed by atoms with Gasteiger partial charge in [-0.2, -0.15) is 0 Å². The van der Waals surface area contributed by atoms with Gasteiger partial charge in [0.1, 0.15) is 0 Å². The average molecular weight is 329 g/mol. The summed E-state index contributed by atoms with van der Waals surface area (Å²) < 4.78 is 0.922. The molecule has 1 aromatic carbocycles. The third-order valence-corrected chi connectivity index (χ3v) is 3.01. The number of hydrogen-bond donors (Lipinski definition) is 3. The smallest absolute Gasteiger partial charge is 0.238 e. The Morgan fingerprint density at radius 2 is 2.16 bits per heavy atom. The number of carbonyl (C=O) groups excluding carboxylic acids is 1. The molecule has 0 saturated carbocycles. The van der Waals surface area contributed by atoms with Crippen LogP contribution in [0.4, 0.5) is 5.69 Å². The molecule has 3 N–H and O–H groups in total. The quantitative estimate of drug-likeness (QED) is 0.720. The van der Waals surface area contributed by atoms with E-state index in [-0.39, 0.29) is 12.5 Å². The Hall–Kier alpha value is -0.910. The Labute approximate surface area is 122 Å². The van der Waals surface area contributed by atoms with Crippen LogP contribution < -0.4 is 10.6 Å². The first-order valence-corrected chi connectivity index (χ1v) is 7.21. The normalized spacial score (nSPS) is 12.5. The highest BCUT2D eigenvalue weighted by Gasteiger charge is 2.08. The number of anilines is 1. The van der Waals surface area contributed by atoms with Crippen molar-refractivity contribution >= 4 is 27.5 Å². The molecule has 1 amide bonds. The molecule has 19 heavy (non-hydrogen) atoms. The van der Waals surface area contributed by atoms with Gasteiger partial charge in [0.15, 0.2) is 0 Å². The van der Waals surface area contributed by atoms with Gasteiger partial charge in [0.2, 0.25) is 5.91 Å². The molecule has 1 atom stereocenters. The summed E-state index contributed by atoms with van der Waals surface area (Å²) >= 11 is 3.35. The van der Waals surface area contributed by atoms with E-state index in [4.69, 9.17) is 0 Å². The largest absolute Gasteiger partial charge is 0.392 e. The summed E-state index contributed by atoms with van der Waals surface area (Å²) in [7, 11) is 0. The second kappa shape index (κ2) is 8.30. The summed E-state index contributed by atoms with van der Waals surface area (Å²) in [5.74, 6) is 0.335. The first kappa shape index (κ1) is 16.1. The van der Waals surface area contributed by atoms with E-state index in [1.807, 2.05) is 24.3 Å². The van der Waals surface area contributed by atoms with Gasteiger partial charge in [0, 0.05) is 16.7 Å². The predicted molar refractivity (Wildman–Crippen MR) is 81.1 cm³/mol. The summed E-state index contributed by atoms with van der Waals surface area (Å²) in [6.45, 7) is 4.75. The molecule has 0 aromatic heterocycles. The minimum atomic E-state index is -0.404. The fourth-order valence-corrected chi connectivity index (χ4v) is 2.15. The van der Waals surface area contributed by atoms with Crippen LogP contribution in [0.2, 0.25) is 0 Å². The number of nitrogens with one attached hydrogen (secondary N) is 2. The van der Waals surface area contributed by atoms with Crippen molar-refractivity contribution in [2.24, 2.45) is 5.92 Å². The van der Waals surface area contributed by atoms with Gasteiger partial charge in [-0.25, -0.2) is 0 Å². The summed E-state index contributed by atoms with van der Waals surface area (Å²) in [6, 6.07) is 7.43. The lowest BCUT2D eigenvalue weighted by Gasteiger charge is -2.13. The molecule has 0 aliphatic rings. The van der Waals surface area contributed by atoms with Gasteiger partial charge in [0.05, 0.1) is 12.6 Å².